The van der Waals surface area contributed by atoms with Crippen molar-refractivity contribution >= 4 is 45.2 Å². The Morgan fingerprint density at radius 1 is 1.14 bits per heavy atom. The summed E-state index contributed by atoms with van der Waals surface area (Å²) in [4.78, 5) is 24.1. The van der Waals surface area contributed by atoms with Gasteiger partial charge in [-0.3, -0.25) is 9.36 Å². The van der Waals surface area contributed by atoms with Crippen LogP contribution in [0.2, 0.25) is 0 Å². The van der Waals surface area contributed by atoms with Crippen LogP contribution < -0.4 is 11.3 Å². The Labute approximate surface area is 139 Å². The zero-order valence-corrected chi connectivity index (χ0v) is 13.4. The monoisotopic (exact) mass is 406 g/mol. The number of hydrogen-bond acceptors (Lipinski definition) is 3. The van der Waals surface area contributed by atoms with Crippen molar-refractivity contribution in [2.24, 2.45) is 0 Å². The van der Waals surface area contributed by atoms with Crippen molar-refractivity contribution in [1.29, 1.82) is 0 Å². The van der Waals surface area contributed by atoms with Crippen molar-refractivity contribution in [1.82, 2.24) is 4.57 Å². The number of nitrogens with two attached hydrogens (primary N) is 1. The summed E-state index contributed by atoms with van der Waals surface area (Å²) in [5, 5.41) is 9.88. The topological polar surface area (TPSA) is 85.3 Å². The van der Waals surface area contributed by atoms with Gasteiger partial charge in [0.15, 0.2) is 0 Å². The minimum Gasteiger partial charge on any atom is -0.477 e. The molecule has 2 aromatic carbocycles. The van der Waals surface area contributed by atoms with Gasteiger partial charge in [-0.25, -0.2) is 4.79 Å². The Morgan fingerprint density at radius 3 is 2.45 bits per heavy atom. The van der Waals surface area contributed by atoms with Crippen molar-refractivity contribution < 1.29 is 9.90 Å². The summed E-state index contributed by atoms with van der Waals surface area (Å²) in [7, 11) is 0. The van der Waals surface area contributed by atoms with Gasteiger partial charge in [0.25, 0.3) is 5.56 Å². The van der Waals surface area contributed by atoms with Gasteiger partial charge in [-0.05, 0) is 52.9 Å². The summed E-state index contributed by atoms with van der Waals surface area (Å²) in [6, 6.07) is 14.3. The van der Waals surface area contributed by atoms with Gasteiger partial charge in [0, 0.05) is 14.6 Å². The number of carbonyl (C=O) groups is 1. The Hall–Kier alpha value is -2.35. The second-order valence-corrected chi connectivity index (χ2v) is 5.98. The molecule has 3 aromatic rings. The standard InChI is InChI=1S/C16H11IN2O3/c17-9-6-7-11-12(8-9)19(10-4-2-1-3-5-10)15(20)13(14(11)18)16(21)22/h1-8H,18H2,(H,21,22). The Bertz CT molecular complexity index is 949. The van der Waals surface area contributed by atoms with Crippen molar-refractivity contribution in [3.8, 4) is 5.69 Å². The Morgan fingerprint density at radius 2 is 1.82 bits per heavy atom. The number of halogens is 1. The number of pyridine rings is 1. The third kappa shape index (κ3) is 2.25. The minimum absolute atomic E-state index is 0.00363. The highest BCUT2D eigenvalue weighted by molar-refractivity contribution is 14.1. The number of para-hydroxylation sites is 1. The van der Waals surface area contributed by atoms with Crippen LogP contribution in [-0.4, -0.2) is 15.6 Å². The zero-order valence-electron chi connectivity index (χ0n) is 11.3. The summed E-state index contributed by atoms with van der Waals surface area (Å²) < 4.78 is 2.31. The molecule has 3 rings (SSSR count). The SMILES string of the molecule is Nc1c(C(=O)O)c(=O)n(-c2ccccc2)c2cc(I)ccc12. The summed E-state index contributed by atoms with van der Waals surface area (Å²) in [5.74, 6) is -1.33. The molecule has 0 aliphatic carbocycles. The molecule has 1 heterocycles. The van der Waals surface area contributed by atoms with E-state index in [0.29, 0.717) is 16.6 Å². The number of fused-ring (bicyclic) bond motifs is 1. The largest absolute Gasteiger partial charge is 0.477 e. The zero-order chi connectivity index (χ0) is 15.9. The number of carboxylic acids is 1. The van der Waals surface area contributed by atoms with Gasteiger partial charge in [-0.1, -0.05) is 18.2 Å². The van der Waals surface area contributed by atoms with Crippen LogP contribution in [-0.2, 0) is 0 Å². The van der Waals surface area contributed by atoms with Gasteiger partial charge in [-0.15, -0.1) is 0 Å². The van der Waals surface area contributed by atoms with Crippen LogP contribution in [0.1, 0.15) is 10.4 Å². The van der Waals surface area contributed by atoms with Crippen LogP contribution in [0.3, 0.4) is 0 Å². The molecule has 6 heteroatoms. The number of nitrogens with zero attached hydrogens (tertiary/aromatic N) is 1. The van der Waals surface area contributed by atoms with Crippen molar-refractivity contribution in [3.05, 3.63) is 68.0 Å². The molecular formula is C16H11IN2O3. The molecule has 110 valence electrons. The Balaban J connectivity index is 2.56. The smallest absolute Gasteiger partial charge is 0.343 e. The van der Waals surface area contributed by atoms with Crippen LogP contribution >= 0.6 is 22.6 Å². The van der Waals surface area contributed by atoms with E-state index < -0.39 is 17.1 Å². The van der Waals surface area contributed by atoms with Crippen molar-refractivity contribution in [2.45, 2.75) is 0 Å². The molecule has 0 saturated carbocycles. The number of anilines is 1. The van der Waals surface area contributed by atoms with Gasteiger partial charge < -0.3 is 10.8 Å². The highest BCUT2D eigenvalue weighted by Gasteiger charge is 2.20. The van der Waals surface area contributed by atoms with Crippen molar-refractivity contribution in [3.63, 3.8) is 0 Å². The van der Waals surface area contributed by atoms with Gasteiger partial charge in [0.05, 0.1) is 11.2 Å². The lowest BCUT2D eigenvalue weighted by molar-refractivity contribution is 0.0696. The van der Waals surface area contributed by atoms with Crippen LogP contribution in [0.15, 0.2) is 53.3 Å². The van der Waals surface area contributed by atoms with E-state index in [9.17, 15) is 14.7 Å². The van der Waals surface area contributed by atoms with E-state index in [1.165, 1.54) is 4.57 Å². The first-order valence-corrected chi connectivity index (χ1v) is 7.51. The van der Waals surface area contributed by atoms with E-state index >= 15 is 0 Å². The highest BCUT2D eigenvalue weighted by atomic mass is 127. The summed E-state index contributed by atoms with van der Waals surface area (Å²) in [6.07, 6.45) is 0. The molecule has 0 radical (unpaired) electrons. The molecule has 0 amide bonds. The van der Waals surface area contributed by atoms with E-state index in [1.807, 2.05) is 18.2 Å². The van der Waals surface area contributed by atoms with Crippen LogP contribution in [0.5, 0.6) is 0 Å². The van der Waals surface area contributed by atoms with Gasteiger partial charge in [0.2, 0.25) is 0 Å². The van der Waals surface area contributed by atoms with Crippen LogP contribution in [0.4, 0.5) is 5.69 Å². The summed E-state index contributed by atoms with van der Waals surface area (Å²) >= 11 is 2.14. The number of aromatic carboxylic acids is 1. The molecule has 0 bridgehead atoms. The molecular weight excluding hydrogens is 395 g/mol. The van der Waals surface area contributed by atoms with Gasteiger partial charge in [0.1, 0.15) is 5.56 Å². The molecule has 22 heavy (non-hydrogen) atoms. The average molecular weight is 406 g/mol. The summed E-state index contributed by atoms with van der Waals surface area (Å²) in [5.41, 5.74) is 6.07. The average Bonchev–Trinajstić information content (AvgIpc) is 2.47. The molecule has 0 saturated heterocycles. The maximum absolute atomic E-state index is 12.7. The lowest BCUT2D eigenvalue weighted by atomic mass is 10.1. The molecule has 3 N–H and O–H groups in total. The maximum atomic E-state index is 12.7. The fraction of sp³-hybridized carbons (Fsp3) is 0. The van der Waals surface area contributed by atoms with Crippen LogP contribution in [0.25, 0.3) is 16.6 Å². The maximum Gasteiger partial charge on any atom is 0.343 e. The normalized spacial score (nSPS) is 10.8. The number of rotatable bonds is 2. The van der Waals surface area contributed by atoms with E-state index in [0.717, 1.165) is 3.57 Å². The second kappa shape index (κ2) is 5.45. The van der Waals surface area contributed by atoms with Gasteiger partial charge in [-0.2, -0.15) is 0 Å². The third-order valence-corrected chi connectivity index (χ3v) is 4.08. The van der Waals surface area contributed by atoms with E-state index in [-0.39, 0.29) is 5.69 Å². The number of nitrogen functional groups attached to an aromatic ring is 1. The molecule has 0 aliphatic rings. The molecule has 0 spiro atoms. The number of carboxylic acid groups (broad SMARTS) is 1. The quantitative estimate of drug-likeness (QED) is 0.641. The lowest BCUT2D eigenvalue weighted by Crippen LogP contribution is -2.27. The van der Waals surface area contributed by atoms with E-state index in [1.54, 1.807) is 30.3 Å². The fourth-order valence-electron chi connectivity index (χ4n) is 2.43. The molecule has 0 aliphatic heterocycles. The van der Waals surface area contributed by atoms with E-state index in [2.05, 4.69) is 22.6 Å². The lowest BCUT2D eigenvalue weighted by Gasteiger charge is -2.14. The summed E-state index contributed by atoms with van der Waals surface area (Å²) in [6.45, 7) is 0. The van der Waals surface area contributed by atoms with E-state index in [4.69, 9.17) is 5.73 Å². The fourth-order valence-corrected chi connectivity index (χ4v) is 2.90. The highest BCUT2D eigenvalue weighted by Crippen LogP contribution is 2.26. The minimum atomic E-state index is -1.33. The molecule has 5 nitrogen and oxygen atoms in total. The Kier molecular flexibility index (Phi) is 3.61. The van der Waals surface area contributed by atoms with Crippen LogP contribution in [0, 0.1) is 3.57 Å². The predicted octanol–water partition coefficient (Wildman–Crippen LogP) is 2.88. The first kappa shape index (κ1) is 14.6. The van der Waals surface area contributed by atoms with Crippen molar-refractivity contribution in [2.75, 3.05) is 5.73 Å². The number of aromatic nitrogens is 1. The first-order valence-electron chi connectivity index (χ1n) is 6.43. The second-order valence-electron chi connectivity index (χ2n) is 4.73. The third-order valence-electron chi connectivity index (χ3n) is 3.41. The molecule has 0 atom stereocenters. The number of hydrogen-bond donors (Lipinski definition) is 2. The molecule has 0 unspecified atom stereocenters. The van der Waals surface area contributed by atoms with Gasteiger partial charge >= 0.3 is 5.97 Å². The number of benzene rings is 2. The molecule has 1 aromatic heterocycles. The first-order chi connectivity index (χ1) is 10.5. The predicted molar refractivity (Wildman–Crippen MR) is 93.6 cm³/mol. The molecule has 0 fully saturated rings.